The number of hydrogen-bond donors (Lipinski definition) is 1. The Hall–Kier alpha value is -1.75. The Balaban J connectivity index is 1.73. The molecule has 1 atom stereocenters. The molecular formula is C13H17N5. The molecule has 0 aromatic carbocycles. The zero-order chi connectivity index (χ0) is 12.4. The Labute approximate surface area is 106 Å². The first-order valence-corrected chi connectivity index (χ1v) is 6.34. The summed E-state index contributed by atoms with van der Waals surface area (Å²) in [5.41, 5.74) is 2.57. The van der Waals surface area contributed by atoms with Gasteiger partial charge in [0.25, 0.3) is 0 Å². The first-order chi connectivity index (χ1) is 8.84. The van der Waals surface area contributed by atoms with Gasteiger partial charge >= 0.3 is 0 Å². The molecule has 94 valence electrons. The van der Waals surface area contributed by atoms with E-state index in [2.05, 4.69) is 26.6 Å². The molecule has 18 heavy (non-hydrogen) atoms. The number of aromatic nitrogens is 4. The molecule has 2 aromatic heterocycles. The Bertz CT molecular complexity index is 534. The summed E-state index contributed by atoms with van der Waals surface area (Å²) < 4.78 is 1.94. The van der Waals surface area contributed by atoms with Gasteiger partial charge in [0.05, 0.1) is 18.3 Å². The summed E-state index contributed by atoms with van der Waals surface area (Å²) in [7, 11) is 1.96. The van der Waals surface area contributed by atoms with E-state index in [9.17, 15) is 0 Å². The standard InChI is InChI=1S/C13H17N5/c1-18-9-16-17-12(18)8-15-11-6-2-4-10-5-3-7-14-13(10)11/h3,5,7,9,11,15H,2,4,6,8H2,1H3. The molecule has 1 N–H and O–H groups in total. The van der Waals surface area contributed by atoms with Gasteiger partial charge in [0.1, 0.15) is 12.2 Å². The summed E-state index contributed by atoms with van der Waals surface area (Å²) in [6.07, 6.45) is 7.10. The average molecular weight is 243 g/mol. The zero-order valence-corrected chi connectivity index (χ0v) is 10.5. The molecule has 5 heteroatoms. The molecule has 0 bridgehead atoms. The minimum Gasteiger partial charge on any atom is -0.320 e. The Kier molecular flexibility index (Phi) is 3.06. The lowest BCUT2D eigenvalue weighted by Gasteiger charge is -2.24. The van der Waals surface area contributed by atoms with Crippen LogP contribution >= 0.6 is 0 Å². The van der Waals surface area contributed by atoms with Crippen molar-refractivity contribution in [3.8, 4) is 0 Å². The van der Waals surface area contributed by atoms with Crippen molar-refractivity contribution < 1.29 is 0 Å². The summed E-state index contributed by atoms with van der Waals surface area (Å²) in [4.78, 5) is 4.52. The minimum atomic E-state index is 0.339. The third kappa shape index (κ3) is 2.13. The highest BCUT2D eigenvalue weighted by Crippen LogP contribution is 2.27. The molecule has 2 heterocycles. The molecule has 1 aliphatic rings. The van der Waals surface area contributed by atoms with Crippen molar-refractivity contribution in [1.29, 1.82) is 0 Å². The van der Waals surface area contributed by atoms with Crippen molar-refractivity contribution in [2.45, 2.75) is 31.8 Å². The van der Waals surface area contributed by atoms with E-state index < -0.39 is 0 Å². The fourth-order valence-corrected chi connectivity index (χ4v) is 2.49. The lowest BCUT2D eigenvalue weighted by molar-refractivity contribution is 0.438. The van der Waals surface area contributed by atoms with Crippen LogP contribution in [0.5, 0.6) is 0 Å². The lowest BCUT2D eigenvalue weighted by Crippen LogP contribution is -2.26. The van der Waals surface area contributed by atoms with Gasteiger partial charge in [0, 0.05) is 13.2 Å². The van der Waals surface area contributed by atoms with Crippen LogP contribution in [0.15, 0.2) is 24.7 Å². The molecule has 1 aliphatic carbocycles. The highest BCUT2D eigenvalue weighted by atomic mass is 15.3. The van der Waals surface area contributed by atoms with Gasteiger partial charge in [0.2, 0.25) is 0 Å². The maximum Gasteiger partial charge on any atom is 0.146 e. The highest BCUT2D eigenvalue weighted by Gasteiger charge is 2.20. The SMILES string of the molecule is Cn1cnnc1CNC1CCCc2cccnc21. The quantitative estimate of drug-likeness (QED) is 0.884. The minimum absolute atomic E-state index is 0.339. The third-order valence-electron chi connectivity index (χ3n) is 3.51. The first kappa shape index (κ1) is 11.3. The fourth-order valence-electron chi connectivity index (χ4n) is 2.49. The number of hydrogen-bond acceptors (Lipinski definition) is 4. The second-order valence-corrected chi connectivity index (χ2v) is 4.73. The third-order valence-corrected chi connectivity index (χ3v) is 3.51. The molecule has 0 saturated carbocycles. The number of aryl methyl sites for hydroxylation is 2. The molecule has 0 fully saturated rings. The lowest BCUT2D eigenvalue weighted by atomic mass is 9.92. The zero-order valence-electron chi connectivity index (χ0n) is 10.5. The predicted octanol–water partition coefficient (Wildman–Crippen LogP) is 1.38. The fraction of sp³-hybridized carbons (Fsp3) is 0.462. The van der Waals surface area contributed by atoms with E-state index in [0.29, 0.717) is 6.04 Å². The van der Waals surface area contributed by atoms with E-state index in [-0.39, 0.29) is 0 Å². The van der Waals surface area contributed by atoms with Gasteiger partial charge in [-0.25, -0.2) is 0 Å². The summed E-state index contributed by atoms with van der Waals surface area (Å²) in [5.74, 6) is 0.957. The molecule has 3 rings (SSSR count). The van der Waals surface area contributed by atoms with Crippen molar-refractivity contribution in [2.24, 2.45) is 7.05 Å². The first-order valence-electron chi connectivity index (χ1n) is 6.34. The molecular weight excluding hydrogens is 226 g/mol. The Morgan fingerprint density at radius 3 is 3.28 bits per heavy atom. The van der Waals surface area contributed by atoms with Gasteiger partial charge in [-0.3, -0.25) is 4.98 Å². The van der Waals surface area contributed by atoms with E-state index in [4.69, 9.17) is 0 Å². The van der Waals surface area contributed by atoms with Crippen LogP contribution in [-0.2, 0) is 20.0 Å². The maximum absolute atomic E-state index is 4.52. The molecule has 0 saturated heterocycles. The summed E-state index contributed by atoms with van der Waals surface area (Å²) in [6.45, 7) is 0.733. The van der Waals surface area contributed by atoms with E-state index in [1.807, 2.05) is 23.9 Å². The van der Waals surface area contributed by atoms with Gasteiger partial charge in [-0.1, -0.05) is 6.07 Å². The van der Waals surface area contributed by atoms with Crippen molar-refractivity contribution in [2.75, 3.05) is 0 Å². The van der Waals surface area contributed by atoms with Crippen LogP contribution < -0.4 is 5.32 Å². The number of pyridine rings is 1. The second-order valence-electron chi connectivity index (χ2n) is 4.73. The molecule has 0 amide bonds. The highest BCUT2D eigenvalue weighted by molar-refractivity contribution is 5.25. The molecule has 0 radical (unpaired) electrons. The van der Waals surface area contributed by atoms with Crippen LogP contribution in [0.1, 0.15) is 36.0 Å². The summed E-state index contributed by atoms with van der Waals surface area (Å²) >= 11 is 0. The smallest absolute Gasteiger partial charge is 0.146 e. The molecule has 5 nitrogen and oxygen atoms in total. The van der Waals surface area contributed by atoms with Crippen molar-refractivity contribution in [3.63, 3.8) is 0 Å². The van der Waals surface area contributed by atoms with Gasteiger partial charge < -0.3 is 9.88 Å². The summed E-state index contributed by atoms with van der Waals surface area (Å²) in [5, 5.41) is 11.5. The maximum atomic E-state index is 4.52. The van der Waals surface area contributed by atoms with Crippen molar-refractivity contribution in [1.82, 2.24) is 25.1 Å². The van der Waals surface area contributed by atoms with Gasteiger partial charge in [0.15, 0.2) is 0 Å². The van der Waals surface area contributed by atoms with Gasteiger partial charge in [-0.2, -0.15) is 0 Å². The van der Waals surface area contributed by atoms with Crippen LogP contribution in [0.4, 0.5) is 0 Å². The molecule has 2 aromatic rings. The van der Waals surface area contributed by atoms with E-state index in [1.54, 1.807) is 6.33 Å². The van der Waals surface area contributed by atoms with Crippen molar-refractivity contribution in [3.05, 3.63) is 41.7 Å². The normalized spacial score (nSPS) is 18.6. The average Bonchev–Trinajstić information content (AvgIpc) is 2.82. The molecule has 1 unspecified atom stereocenters. The van der Waals surface area contributed by atoms with Crippen LogP contribution in [0, 0.1) is 0 Å². The largest absolute Gasteiger partial charge is 0.320 e. The predicted molar refractivity (Wildman–Crippen MR) is 67.8 cm³/mol. The number of fused-ring (bicyclic) bond motifs is 1. The monoisotopic (exact) mass is 243 g/mol. The second kappa shape index (κ2) is 4.86. The van der Waals surface area contributed by atoms with Crippen molar-refractivity contribution >= 4 is 0 Å². The number of nitrogens with zero attached hydrogens (tertiary/aromatic N) is 4. The van der Waals surface area contributed by atoms with E-state index in [0.717, 1.165) is 25.2 Å². The van der Waals surface area contributed by atoms with E-state index in [1.165, 1.54) is 17.7 Å². The van der Waals surface area contributed by atoms with Gasteiger partial charge in [-0.05, 0) is 30.9 Å². The van der Waals surface area contributed by atoms with Crippen LogP contribution in [0.25, 0.3) is 0 Å². The van der Waals surface area contributed by atoms with Crippen LogP contribution in [-0.4, -0.2) is 19.7 Å². The Morgan fingerprint density at radius 1 is 1.50 bits per heavy atom. The Morgan fingerprint density at radius 2 is 2.44 bits per heavy atom. The van der Waals surface area contributed by atoms with Crippen LogP contribution in [0.3, 0.4) is 0 Å². The number of rotatable bonds is 3. The van der Waals surface area contributed by atoms with Crippen LogP contribution in [0.2, 0.25) is 0 Å². The topological polar surface area (TPSA) is 55.6 Å². The number of nitrogens with one attached hydrogen (secondary N) is 1. The van der Waals surface area contributed by atoms with Gasteiger partial charge in [-0.15, -0.1) is 10.2 Å². The van der Waals surface area contributed by atoms with E-state index >= 15 is 0 Å². The summed E-state index contributed by atoms with van der Waals surface area (Å²) in [6, 6.07) is 4.54. The molecule has 0 spiro atoms. The molecule has 0 aliphatic heterocycles.